The molecule has 0 aromatic heterocycles. The minimum absolute atomic E-state index is 0.0596. The molecule has 0 radical (unpaired) electrons. The van der Waals surface area contributed by atoms with Crippen LogP contribution in [0.5, 0.6) is 0 Å². The highest BCUT2D eigenvalue weighted by atomic mass is 16.5. The molecule has 2 rings (SSSR count). The molecule has 14 heavy (non-hydrogen) atoms. The molecule has 3 unspecified atom stereocenters. The third-order valence-electron chi connectivity index (χ3n) is 3.52. The van der Waals surface area contributed by atoms with Crippen molar-refractivity contribution < 1.29 is 9.53 Å². The quantitative estimate of drug-likeness (QED) is 0.738. The Labute approximate surface area is 85.2 Å². The summed E-state index contributed by atoms with van der Waals surface area (Å²) in [7, 11) is 0. The van der Waals surface area contributed by atoms with Crippen molar-refractivity contribution in [2.24, 2.45) is 11.8 Å². The van der Waals surface area contributed by atoms with E-state index in [1.54, 1.807) is 0 Å². The lowest BCUT2D eigenvalue weighted by atomic mass is 9.95. The largest absolute Gasteiger partial charge is 0.372 e. The summed E-state index contributed by atoms with van der Waals surface area (Å²) in [6.07, 6.45) is 5.22. The van der Waals surface area contributed by atoms with E-state index in [1.165, 1.54) is 25.7 Å². The fraction of sp³-hybridized carbons (Fsp3) is 0.909. The third kappa shape index (κ3) is 2.08. The van der Waals surface area contributed by atoms with Crippen molar-refractivity contribution in [2.45, 2.75) is 38.6 Å². The van der Waals surface area contributed by atoms with Gasteiger partial charge in [0.15, 0.2) is 0 Å². The second-order valence-corrected chi connectivity index (χ2v) is 4.49. The predicted octanol–water partition coefficient (Wildman–Crippen LogP) is 1.33. The number of nitrogens with one attached hydrogen (secondary N) is 1. The Morgan fingerprint density at radius 1 is 1.43 bits per heavy atom. The minimum Gasteiger partial charge on any atom is -0.372 e. The van der Waals surface area contributed by atoms with Crippen LogP contribution < -0.4 is 5.32 Å². The van der Waals surface area contributed by atoms with Crippen molar-refractivity contribution in [3.05, 3.63) is 0 Å². The summed E-state index contributed by atoms with van der Waals surface area (Å²) >= 11 is 0. The molecular formula is C11H19NO2. The summed E-state index contributed by atoms with van der Waals surface area (Å²) in [5.74, 6) is 1.70. The van der Waals surface area contributed by atoms with E-state index >= 15 is 0 Å². The van der Waals surface area contributed by atoms with Crippen molar-refractivity contribution in [3.63, 3.8) is 0 Å². The number of amides is 1. The molecule has 1 amide bonds. The van der Waals surface area contributed by atoms with Crippen LogP contribution in [0.2, 0.25) is 0 Å². The Balaban J connectivity index is 1.73. The zero-order valence-electron chi connectivity index (χ0n) is 8.79. The van der Waals surface area contributed by atoms with E-state index in [9.17, 15) is 4.79 Å². The molecule has 0 aromatic carbocycles. The summed E-state index contributed by atoms with van der Waals surface area (Å²) in [5, 5.41) is 3.08. The van der Waals surface area contributed by atoms with Crippen LogP contribution in [0.3, 0.4) is 0 Å². The van der Waals surface area contributed by atoms with Gasteiger partial charge in [0.05, 0.1) is 0 Å². The number of hydrogen-bond donors (Lipinski definition) is 1. The number of carbonyl (C=O) groups is 1. The lowest BCUT2D eigenvalue weighted by Gasteiger charge is -2.22. The van der Waals surface area contributed by atoms with Gasteiger partial charge in [-0.15, -0.1) is 0 Å². The normalized spacial score (nSPS) is 34.8. The fourth-order valence-corrected chi connectivity index (χ4v) is 2.86. The van der Waals surface area contributed by atoms with Gasteiger partial charge >= 0.3 is 0 Å². The van der Waals surface area contributed by atoms with Crippen LogP contribution in [0.4, 0.5) is 0 Å². The maximum Gasteiger partial charge on any atom is 0.246 e. The summed E-state index contributed by atoms with van der Waals surface area (Å²) in [6.45, 7) is 2.75. The lowest BCUT2D eigenvalue weighted by Crippen LogP contribution is -2.40. The second-order valence-electron chi connectivity index (χ2n) is 4.49. The Morgan fingerprint density at radius 2 is 2.29 bits per heavy atom. The predicted molar refractivity (Wildman–Crippen MR) is 53.9 cm³/mol. The van der Waals surface area contributed by atoms with Crippen LogP contribution >= 0.6 is 0 Å². The van der Waals surface area contributed by atoms with Crippen LogP contribution in [0.25, 0.3) is 0 Å². The Kier molecular flexibility index (Phi) is 3.06. The SMILES string of the molecule is CCOCC(=O)NC1CC2CCC1C2. The first-order chi connectivity index (χ1) is 6.79. The molecule has 1 N–H and O–H groups in total. The number of carbonyl (C=O) groups excluding carboxylic acids is 1. The van der Waals surface area contributed by atoms with Crippen LogP contribution in [-0.4, -0.2) is 25.2 Å². The van der Waals surface area contributed by atoms with Gasteiger partial charge in [-0.25, -0.2) is 0 Å². The molecule has 80 valence electrons. The van der Waals surface area contributed by atoms with Crippen LogP contribution in [0.15, 0.2) is 0 Å². The average Bonchev–Trinajstić information content (AvgIpc) is 2.76. The number of fused-ring (bicyclic) bond motifs is 2. The first-order valence-electron chi connectivity index (χ1n) is 5.66. The van der Waals surface area contributed by atoms with Gasteiger partial charge in [0.1, 0.15) is 6.61 Å². The van der Waals surface area contributed by atoms with E-state index in [0.29, 0.717) is 12.6 Å². The van der Waals surface area contributed by atoms with Crippen molar-refractivity contribution in [1.82, 2.24) is 5.32 Å². The van der Waals surface area contributed by atoms with E-state index in [2.05, 4.69) is 5.32 Å². The highest BCUT2D eigenvalue weighted by molar-refractivity contribution is 5.77. The van der Waals surface area contributed by atoms with Gasteiger partial charge in [0, 0.05) is 12.6 Å². The molecule has 0 saturated heterocycles. The zero-order valence-corrected chi connectivity index (χ0v) is 8.79. The summed E-state index contributed by atoms with van der Waals surface area (Å²) in [5.41, 5.74) is 0. The number of rotatable bonds is 4. The van der Waals surface area contributed by atoms with Crippen LogP contribution in [0.1, 0.15) is 32.6 Å². The molecule has 0 heterocycles. The van der Waals surface area contributed by atoms with Gasteiger partial charge in [0.2, 0.25) is 5.91 Å². The monoisotopic (exact) mass is 197 g/mol. The lowest BCUT2D eigenvalue weighted by molar-refractivity contribution is -0.126. The van der Waals surface area contributed by atoms with E-state index in [4.69, 9.17) is 4.74 Å². The van der Waals surface area contributed by atoms with Gasteiger partial charge in [-0.3, -0.25) is 4.79 Å². The van der Waals surface area contributed by atoms with Gasteiger partial charge < -0.3 is 10.1 Å². The molecule has 3 nitrogen and oxygen atoms in total. The van der Waals surface area contributed by atoms with Gasteiger partial charge in [0.25, 0.3) is 0 Å². The fourth-order valence-electron chi connectivity index (χ4n) is 2.86. The number of ether oxygens (including phenoxy) is 1. The maximum absolute atomic E-state index is 11.4. The summed E-state index contributed by atoms with van der Waals surface area (Å²) in [4.78, 5) is 11.4. The van der Waals surface area contributed by atoms with E-state index in [0.717, 1.165) is 11.8 Å². The van der Waals surface area contributed by atoms with Crippen molar-refractivity contribution in [1.29, 1.82) is 0 Å². The third-order valence-corrected chi connectivity index (χ3v) is 3.52. The van der Waals surface area contributed by atoms with Crippen molar-refractivity contribution >= 4 is 5.91 Å². The highest BCUT2D eigenvalue weighted by Gasteiger charge is 2.39. The molecule has 2 aliphatic carbocycles. The van der Waals surface area contributed by atoms with Gasteiger partial charge in [-0.2, -0.15) is 0 Å². The van der Waals surface area contributed by atoms with Gasteiger partial charge in [-0.1, -0.05) is 6.42 Å². The molecule has 2 fully saturated rings. The zero-order chi connectivity index (χ0) is 9.97. The molecule has 0 aliphatic heterocycles. The summed E-state index contributed by atoms with van der Waals surface area (Å²) < 4.78 is 5.07. The first kappa shape index (κ1) is 9.97. The molecule has 2 aliphatic rings. The molecule has 3 atom stereocenters. The van der Waals surface area contributed by atoms with Gasteiger partial charge in [-0.05, 0) is 38.0 Å². The minimum atomic E-state index is 0.0596. The van der Waals surface area contributed by atoms with Crippen molar-refractivity contribution in [3.8, 4) is 0 Å². The smallest absolute Gasteiger partial charge is 0.246 e. The topological polar surface area (TPSA) is 38.3 Å². The van der Waals surface area contributed by atoms with E-state index in [-0.39, 0.29) is 12.5 Å². The molecule has 2 bridgehead atoms. The maximum atomic E-state index is 11.4. The van der Waals surface area contributed by atoms with E-state index < -0.39 is 0 Å². The Hall–Kier alpha value is -0.570. The summed E-state index contributed by atoms with van der Waals surface area (Å²) in [6, 6.07) is 0.446. The second kappa shape index (κ2) is 4.30. The average molecular weight is 197 g/mol. The first-order valence-corrected chi connectivity index (χ1v) is 5.66. The Bertz CT molecular complexity index is 217. The molecule has 0 spiro atoms. The highest BCUT2D eigenvalue weighted by Crippen LogP contribution is 2.44. The molecule has 0 aromatic rings. The van der Waals surface area contributed by atoms with E-state index in [1.807, 2.05) is 6.92 Å². The van der Waals surface area contributed by atoms with Crippen molar-refractivity contribution in [2.75, 3.05) is 13.2 Å². The van der Waals surface area contributed by atoms with Crippen LogP contribution in [0, 0.1) is 11.8 Å². The Morgan fingerprint density at radius 3 is 2.86 bits per heavy atom. The number of hydrogen-bond acceptors (Lipinski definition) is 2. The molecule has 2 saturated carbocycles. The standard InChI is InChI=1S/C11H19NO2/c1-2-14-7-11(13)12-10-6-8-3-4-9(10)5-8/h8-10H,2-7H2,1H3,(H,12,13). The molecule has 3 heteroatoms. The molecular weight excluding hydrogens is 178 g/mol. The van der Waals surface area contributed by atoms with Crippen LogP contribution in [-0.2, 0) is 9.53 Å².